The van der Waals surface area contributed by atoms with E-state index in [4.69, 9.17) is 16.3 Å². The molecule has 0 bridgehead atoms. The molecule has 0 spiro atoms. The molecule has 1 aromatic carbocycles. The molecule has 0 fully saturated rings. The van der Waals surface area contributed by atoms with Crippen molar-refractivity contribution in [2.24, 2.45) is 0 Å². The minimum atomic E-state index is 0.617. The lowest BCUT2D eigenvalue weighted by atomic mass is 10.3. The predicted molar refractivity (Wildman–Crippen MR) is 67.4 cm³/mol. The Hall–Kier alpha value is -1.26. The highest BCUT2D eigenvalue weighted by atomic mass is 35.5. The summed E-state index contributed by atoms with van der Waals surface area (Å²) in [6.07, 6.45) is 1.85. The summed E-state index contributed by atoms with van der Waals surface area (Å²) in [6, 6.07) is 5.62. The van der Waals surface area contributed by atoms with Crippen LogP contribution in [0.15, 0.2) is 29.9 Å². The number of methoxy groups -OCH3 is 1. The molecule has 0 aliphatic carbocycles. The van der Waals surface area contributed by atoms with Crippen LogP contribution in [0.2, 0.25) is 5.02 Å². The Kier molecular flexibility index (Phi) is 3.64. The summed E-state index contributed by atoms with van der Waals surface area (Å²) in [5, 5.41) is 3.90. The van der Waals surface area contributed by atoms with Gasteiger partial charge in [-0.1, -0.05) is 11.6 Å². The third kappa shape index (κ3) is 2.65. The zero-order valence-corrected chi connectivity index (χ0v) is 10.3. The largest absolute Gasteiger partial charge is 0.495 e. The normalized spacial score (nSPS) is 10.1. The third-order valence-corrected chi connectivity index (χ3v) is 3.19. The summed E-state index contributed by atoms with van der Waals surface area (Å²) < 4.78 is 5.14. The molecule has 84 valence electrons. The number of rotatable bonds is 4. The lowest BCUT2D eigenvalue weighted by Crippen LogP contribution is -1.97. The van der Waals surface area contributed by atoms with Crippen LogP contribution >= 0.6 is 22.9 Å². The van der Waals surface area contributed by atoms with Crippen molar-refractivity contribution >= 4 is 28.6 Å². The maximum Gasteiger partial charge on any atom is 0.139 e. The van der Waals surface area contributed by atoms with Crippen LogP contribution in [-0.2, 0) is 6.54 Å². The van der Waals surface area contributed by atoms with Crippen LogP contribution in [0.25, 0.3) is 0 Å². The topological polar surface area (TPSA) is 34.1 Å². The Balaban J connectivity index is 2.04. The van der Waals surface area contributed by atoms with E-state index >= 15 is 0 Å². The molecule has 1 heterocycles. The second kappa shape index (κ2) is 5.18. The second-order valence-electron chi connectivity index (χ2n) is 3.17. The number of hydrogen-bond donors (Lipinski definition) is 1. The molecule has 0 radical (unpaired) electrons. The van der Waals surface area contributed by atoms with E-state index in [1.54, 1.807) is 18.4 Å². The van der Waals surface area contributed by atoms with Gasteiger partial charge in [-0.15, -0.1) is 11.3 Å². The third-order valence-electron chi connectivity index (χ3n) is 2.10. The summed E-state index contributed by atoms with van der Waals surface area (Å²) in [6.45, 7) is 0.759. The summed E-state index contributed by atoms with van der Waals surface area (Å²) in [7, 11) is 1.61. The van der Waals surface area contributed by atoms with Gasteiger partial charge in [0.05, 0.1) is 24.2 Å². The van der Waals surface area contributed by atoms with Crippen LogP contribution in [0.1, 0.15) is 4.88 Å². The Labute approximate surface area is 103 Å². The number of ether oxygens (including phenoxy) is 1. The van der Waals surface area contributed by atoms with Crippen LogP contribution in [0.5, 0.6) is 5.75 Å². The van der Waals surface area contributed by atoms with Gasteiger partial charge in [0.1, 0.15) is 5.75 Å². The number of thiazole rings is 1. The molecule has 0 atom stereocenters. The van der Waals surface area contributed by atoms with E-state index in [1.165, 1.54) is 4.88 Å². The average Bonchev–Trinajstić information content (AvgIpc) is 2.81. The van der Waals surface area contributed by atoms with Gasteiger partial charge in [-0.3, -0.25) is 4.98 Å². The molecule has 3 nitrogen and oxygen atoms in total. The minimum absolute atomic E-state index is 0.617. The number of halogens is 1. The van der Waals surface area contributed by atoms with Gasteiger partial charge in [0.25, 0.3) is 0 Å². The standard InChI is InChI=1S/C11H11ClN2OS/c1-15-11-4-8(2-3-10(11)12)14-6-9-5-13-7-16-9/h2-5,7,14H,6H2,1H3. The molecule has 0 aliphatic heterocycles. The average molecular weight is 255 g/mol. The number of nitrogens with one attached hydrogen (secondary N) is 1. The molecular formula is C11H11ClN2OS. The number of benzene rings is 1. The van der Waals surface area contributed by atoms with Crippen molar-refractivity contribution in [1.29, 1.82) is 0 Å². The van der Waals surface area contributed by atoms with E-state index in [9.17, 15) is 0 Å². The molecule has 0 amide bonds. The van der Waals surface area contributed by atoms with Gasteiger partial charge in [-0.05, 0) is 12.1 Å². The van der Waals surface area contributed by atoms with Crippen LogP contribution in [-0.4, -0.2) is 12.1 Å². The van der Waals surface area contributed by atoms with E-state index in [0.717, 1.165) is 12.2 Å². The molecule has 0 aliphatic rings. The van der Waals surface area contributed by atoms with Crippen molar-refractivity contribution in [3.63, 3.8) is 0 Å². The van der Waals surface area contributed by atoms with E-state index < -0.39 is 0 Å². The highest BCUT2D eigenvalue weighted by Gasteiger charge is 2.02. The fraction of sp³-hybridized carbons (Fsp3) is 0.182. The first kappa shape index (κ1) is 11.2. The van der Waals surface area contributed by atoms with Crippen molar-refractivity contribution in [3.05, 3.63) is 39.8 Å². The van der Waals surface area contributed by atoms with Crippen molar-refractivity contribution in [3.8, 4) is 5.75 Å². The van der Waals surface area contributed by atoms with Crippen molar-refractivity contribution < 1.29 is 4.74 Å². The molecule has 2 aromatic rings. The van der Waals surface area contributed by atoms with E-state index in [0.29, 0.717) is 10.8 Å². The van der Waals surface area contributed by atoms with Gasteiger partial charge in [0.15, 0.2) is 0 Å². The van der Waals surface area contributed by atoms with Gasteiger partial charge < -0.3 is 10.1 Å². The molecule has 5 heteroatoms. The summed E-state index contributed by atoms with van der Waals surface area (Å²) in [4.78, 5) is 5.20. The highest BCUT2D eigenvalue weighted by Crippen LogP contribution is 2.27. The van der Waals surface area contributed by atoms with Crippen molar-refractivity contribution in [2.45, 2.75) is 6.54 Å². The van der Waals surface area contributed by atoms with Crippen LogP contribution in [0.4, 0.5) is 5.69 Å². The van der Waals surface area contributed by atoms with Gasteiger partial charge >= 0.3 is 0 Å². The number of anilines is 1. The first-order valence-corrected chi connectivity index (χ1v) is 6.00. The van der Waals surface area contributed by atoms with E-state index in [1.807, 2.05) is 29.9 Å². The number of nitrogens with zero attached hydrogens (tertiary/aromatic N) is 1. The van der Waals surface area contributed by atoms with Crippen LogP contribution in [0.3, 0.4) is 0 Å². The molecule has 0 unspecified atom stereocenters. The Bertz CT molecular complexity index is 459. The SMILES string of the molecule is COc1cc(NCc2cncs2)ccc1Cl. The smallest absolute Gasteiger partial charge is 0.139 e. The summed E-state index contributed by atoms with van der Waals surface area (Å²) in [5.74, 6) is 0.677. The van der Waals surface area contributed by atoms with Crippen molar-refractivity contribution in [2.75, 3.05) is 12.4 Å². The molecule has 0 saturated heterocycles. The summed E-state index contributed by atoms with van der Waals surface area (Å²) >= 11 is 7.56. The zero-order chi connectivity index (χ0) is 11.4. The Morgan fingerprint density at radius 1 is 1.50 bits per heavy atom. The van der Waals surface area contributed by atoms with Crippen molar-refractivity contribution in [1.82, 2.24) is 4.98 Å². The maximum absolute atomic E-state index is 5.94. The first-order valence-electron chi connectivity index (χ1n) is 4.74. The fourth-order valence-corrected chi connectivity index (χ4v) is 2.02. The highest BCUT2D eigenvalue weighted by molar-refractivity contribution is 7.09. The Morgan fingerprint density at radius 3 is 3.06 bits per heavy atom. The molecule has 2 rings (SSSR count). The Morgan fingerprint density at radius 2 is 2.38 bits per heavy atom. The zero-order valence-electron chi connectivity index (χ0n) is 8.74. The quantitative estimate of drug-likeness (QED) is 0.908. The maximum atomic E-state index is 5.94. The molecule has 0 saturated carbocycles. The first-order chi connectivity index (χ1) is 7.79. The lowest BCUT2D eigenvalue weighted by molar-refractivity contribution is 0.415. The second-order valence-corrected chi connectivity index (χ2v) is 4.55. The molecule has 1 N–H and O–H groups in total. The summed E-state index contributed by atoms with van der Waals surface area (Å²) in [5.41, 5.74) is 2.80. The minimum Gasteiger partial charge on any atom is -0.495 e. The van der Waals surface area contributed by atoms with E-state index in [-0.39, 0.29) is 0 Å². The monoisotopic (exact) mass is 254 g/mol. The fourth-order valence-electron chi connectivity index (χ4n) is 1.29. The van der Waals surface area contributed by atoms with Gasteiger partial charge in [-0.25, -0.2) is 0 Å². The van der Waals surface area contributed by atoms with Crippen LogP contribution in [0, 0.1) is 0 Å². The van der Waals surface area contributed by atoms with Crippen LogP contribution < -0.4 is 10.1 Å². The number of hydrogen-bond acceptors (Lipinski definition) is 4. The van der Waals surface area contributed by atoms with Gasteiger partial charge in [0, 0.05) is 22.8 Å². The molecule has 1 aromatic heterocycles. The predicted octanol–water partition coefficient (Wildman–Crippen LogP) is 3.42. The molecule has 16 heavy (non-hydrogen) atoms. The van der Waals surface area contributed by atoms with Gasteiger partial charge in [-0.2, -0.15) is 0 Å². The lowest BCUT2D eigenvalue weighted by Gasteiger charge is -2.08. The number of aromatic nitrogens is 1. The van der Waals surface area contributed by atoms with Gasteiger partial charge in [0.2, 0.25) is 0 Å². The van der Waals surface area contributed by atoms with E-state index in [2.05, 4.69) is 10.3 Å². The molecular weight excluding hydrogens is 244 g/mol.